The van der Waals surface area contributed by atoms with Crippen molar-refractivity contribution in [3.05, 3.63) is 0 Å². The minimum absolute atomic E-state index is 0.227. The van der Waals surface area contributed by atoms with Gasteiger partial charge in [0, 0.05) is 38.6 Å². The van der Waals surface area contributed by atoms with Gasteiger partial charge in [0.1, 0.15) is 0 Å². The molecular weight excluding hydrogens is 264 g/mol. The van der Waals surface area contributed by atoms with Crippen molar-refractivity contribution in [2.75, 3.05) is 32.8 Å². The van der Waals surface area contributed by atoms with Gasteiger partial charge in [-0.2, -0.15) is 0 Å². The molecule has 1 N–H and O–H groups in total. The molecule has 1 saturated heterocycles. The Bertz CT molecular complexity index is 323. The summed E-state index contributed by atoms with van der Waals surface area (Å²) in [5, 5.41) is 9.37. The summed E-state index contributed by atoms with van der Waals surface area (Å²) in [5.74, 6) is 1.76. The molecule has 4 nitrogen and oxygen atoms in total. The van der Waals surface area contributed by atoms with Crippen LogP contribution in [0.5, 0.6) is 0 Å². The topological polar surface area (TPSA) is 43.8 Å². The van der Waals surface area contributed by atoms with Gasteiger partial charge in [-0.25, -0.2) is 0 Å². The average molecular weight is 296 g/mol. The quantitative estimate of drug-likeness (QED) is 0.845. The summed E-state index contributed by atoms with van der Waals surface area (Å²) >= 11 is 0. The summed E-state index contributed by atoms with van der Waals surface area (Å²) in [6.07, 6.45) is 6.82. The Labute approximate surface area is 129 Å². The molecule has 3 unspecified atom stereocenters. The first kappa shape index (κ1) is 16.8. The number of hydrogen-bond acceptors (Lipinski definition) is 3. The Hall–Kier alpha value is -0.610. The largest absolute Gasteiger partial charge is 0.395 e. The molecule has 2 fully saturated rings. The lowest BCUT2D eigenvalue weighted by atomic mass is 9.80. The molecule has 0 bridgehead atoms. The van der Waals surface area contributed by atoms with Gasteiger partial charge in [0.05, 0.1) is 6.61 Å². The van der Waals surface area contributed by atoms with Crippen molar-refractivity contribution in [2.24, 2.45) is 11.8 Å². The summed E-state index contributed by atoms with van der Waals surface area (Å²) < 4.78 is 0. The van der Waals surface area contributed by atoms with Crippen molar-refractivity contribution in [3.8, 4) is 0 Å². The Morgan fingerprint density at radius 3 is 2.52 bits per heavy atom. The van der Waals surface area contributed by atoms with E-state index in [1.165, 1.54) is 25.7 Å². The van der Waals surface area contributed by atoms with Gasteiger partial charge in [-0.1, -0.05) is 26.7 Å². The van der Waals surface area contributed by atoms with Crippen molar-refractivity contribution in [1.29, 1.82) is 0 Å². The van der Waals surface area contributed by atoms with E-state index in [0.29, 0.717) is 11.8 Å². The molecular formula is C17H32N2O2. The van der Waals surface area contributed by atoms with Crippen molar-refractivity contribution in [3.63, 3.8) is 0 Å². The van der Waals surface area contributed by atoms with Crippen LogP contribution in [0.15, 0.2) is 0 Å². The number of rotatable bonds is 5. The average Bonchev–Trinajstić information content (AvgIpc) is 2.49. The number of aliphatic hydroxyl groups excluding tert-OH is 1. The Balaban J connectivity index is 1.75. The van der Waals surface area contributed by atoms with Gasteiger partial charge in [0.25, 0.3) is 0 Å². The van der Waals surface area contributed by atoms with Gasteiger partial charge < -0.3 is 10.0 Å². The first-order chi connectivity index (χ1) is 10.1. The third kappa shape index (κ3) is 4.68. The zero-order valence-corrected chi connectivity index (χ0v) is 13.8. The predicted molar refractivity (Wildman–Crippen MR) is 85.1 cm³/mol. The van der Waals surface area contributed by atoms with E-state index < -0.39 is 0 Å². The first-order valence-electron chi connectivity index (χ1n) is 8.76. The van der Waals surface area contributed by atoms with E-state index in [1.807, 2.05) is 4.90 Å². The molecule has 1 aliphatic carbocycles. The third-order valence-electron chi connectivity index (χ3n) is 5.37. The smallest absolute Gasteiger partial charge is 0.222 e. The fraction of sp³-hybridized carbons (Fsp3) is 0.941. The minimum atomic E-state index is 0.227. The molecule has 122 valence electrons. The summed E-state index contributed by atoms with van der Waals surface area (Å²) in [6, 6.07) is 0.265. The molecule has 0 aromatic heterocycles. The van der Waals surface area contributed by atoms with E-state index in [0.717, 1.165) is 44.9 Å². The SMILES string of the molecule is CCC(CO)N1CCN(C(=O)CC2CCCC(C)C2)CC1. The van der Waals surface area contributed by atoms with Crippen LogP contribution in [0.25, 0.3) is 0 Å². The maximum Gasteiger partial charge on any atom is 0.222 e. The van der Waals surface area contributed by atoms with E-state index in [9.17, 15) is 9.90 Å². The van der Waals surface area contributed by atoms with Gasteiger partial charge in [0.2, 0.25) is 5.91 Å². The second kappa shape index (κ2) is 8.14. The van der Waals surface area contributed by atoms with Crippen molar-refractivity contribution in [1.82, 2.24) is 9.80 Å². The molecule has 0 radical (unpaired) electrons. The van der Waals surface area contributed by atoms with Gasteiger partial charge in [0.15, 0.2) is 0 Å². The number of carbonyl (C=O) groups is 1. The molecule has 4 heteroatoms. The lowest BCUT2D eigenvalue weighted by Gasteiger charge is -2.39. The fourth-order valence-corrected chi connectivity index (χ4v) is 3.96. The van der Waals surface area contributed by atoms with Crippen molar-refractivity contribution in [2.45, 2.75) is 58.4 Å². The lowest BCUT2D eigenvalue weighted by Crippen LogP contribution is -2.53. The Morgan fingerprint density at radius 2 is 1.95 bits per heavy atom. The van der Waals surface area contributed by atoms with Crippen LogP contribution >= 0.6 is 0 Å². The zero-order chi connectivity index (χ0) is 15.2. The zero-order valence-electron chi connectivity index (χ0n) is 13.8. The molecule has 21 heavy (non-hydrogen) atoms. The van der Waals surface area contributed by atoms with Crippen molar-refractivity contribution < 1.29 is 9.90 Å². The summed E-state index contributed by atoms with van der Waals surface area (Å²) in [6.45, 7) is 8.13. The summed E-state index contributed by atoms with van der Waals surface area (Å²) in [7, 11) is 0. The van der Waals surface area contributed by atoms with Crippen LogP contribution in [-0.2, 0) is 4.79 Å². The van der Waals surface area contributed by atoms with Crippen LogP contribution in [0, 0.1) is 11.8 Å². The standard InChI is InChI=1S/C17H32N2O2/c1-3-16(13-20)18-7-9-19(10-8-18)17(21)12-15-6-4-5-14(2)11-15/h14-16,20H,3-13H2,1-2H3. The number of aliphatic hydroxyl groups is 1. The van der Waals surface area contributed by atoms with E-state index in [2.05, 4.69) is 18.7 Å². The van der Waals surface area contributed by atoms with E-state index in [4.69, 9.17) is 0 Å². The van der Waals surface area contributed by atoms with Crippen LogP contribution in [0.4, 0.5) is 0 Å². The highest BCUT2D eigenvalue weighted by Crippen LogP contribution is 2.31. The number of nitrogens with zero attached hydrogens (tertiary/aromatic N) is 2. The molecule has 1 aliphatic heterocycles. The normalized spacial score (nSPS) is 29.4. The number of amides is 1. The molecule has 1 saturated carbocycles. The molecule has 0 aromatic rings. The van der Waals surface area contributed by atoms with E-state index >= 15 is 0 Å². The highest BCUT2D eigenvalue weighted by atomic mass is 16.3. The van der Waals surface area contributed by atoms with Crippen LogP contribution in [0.3, 0.4) is 0 Å². The highest BCUT2D eigenvalue weighted by molar-refractivity contribution is 5.76. The number of carbonyl (C=O) groups excluding carboxylic acids is 1. The molecule has 2 rings (SSSR count). The Kier molecular flexibility index (Phi) is 6.49. The summed E-state index contributed by atoms with van der Waals surface area (Å²) in [4.78, 5) is 16.8. The molecule has 3 atom stereocenters. The van der Waals surface area contributed by atoms with Gasteiger partial charge in [-0.05, 0) is 31.1 Å². The fourth-order valence-electron chi connectivity index (χ4n) is 3.96. The van der Waals surface area contributed by atoms with E-state index in [-0.39, 0.29) is 12.6 Å². The second-order valence-electron chi connectivity index (χ2n) is 7.00. The number of hydrogen-bond donors (Lipinski definition) is 1. The van der Waals surface area contributed by atoms with Crippen LogP contribution in [0.1, 0.15) is 52.4 Å². The maximum atomic E-state index is 12.4. The third-order valence-corrected chi connectivity index (χ3v) is 5.37. The molecule has 0 aromatic carbocycles. The predicted octanol–water partition coefficient (Wildman–Crippen LogP) is 2.12. The second-order valence-corrected chi connectivity index (χ2v) is 7.00. The van der Waals surface area contributed by atoms with Crippen LogP contribution in [-0.4, -0.2) is 59.6 Å². The molecule has 1 amide bonds. The molecule has 2 aliphatic rings. The highest BCUT2D eigenvalue weighted by Gasteiger charge is 2.27. The monoisotopic (exact) mass is 296 g/mol. The Morgan fingerprint density at radius 1 is 1.24 bits per heavy atom. The van der Waals surface area contributed by atoms with Gasteiger partial charge in [-0.15, -0.1) is 0 Å². The van der Waals surface area contributed by atoms with Crippen molar-refractivity contribution >= 4 is 5.91 Å². The van der Waals surface area contributed by atoms with Crippen LogP contribution in [0.2, 0.25) is 0 Å². The van der Waals surface area contributed by atoms with Gasteiger partial charge >= 0.3 is 0 Å². The maximum absolute atomic E-state index is 12.4. The minimum Gasteiger partial charge on any atom is -0.395 e. The molecule has 0 spiro atoms. The number of piperazine rings is 1. The molecule has 1 heterocycles. The first-order valence-corrected chi connectivity index (χ1v) is 8.76. The van der Waals surface area contributed by atoms with Crippen LogP contribution < -0.4 is 0 Å². The summed E-state index contributed by atoms with van der Waals surface area (Å²) in [5.41, 5.74) is 0. The van der Waals surface area contributed by atoms with Gasteiger partial charge in [-0.3, -0.25) is 9.69 Å². The lowest BCUT2D eigenvalue weighted by molar-refractivity contribution is -0.134. The van der Waals surface area contributed by atoms with E-state index in [1.54, 1.807) is 0 Å².